The molecule has 0 aromatic heterocycles. The Hall–Kier alpha value is -1.09. The average molecular weight is 390 g/mol. The minimum atomic E-state index is -4.25. The molecule has 5 nitrogen and oxygen atoms in total. The summed E-state index contributed by atoms with van der Waals surface area (Å²) < 4.78 is 60.4. The molecule has 1 N–H and O–H groups in total. The van der Waals surface area contributed by atoms with Crippen LogP contribution in [0.4, 0.5) is 4.39 Å². The lowest BCUT2D eigenvalue weighted by molar-refractivity contribution is 0.0758. The highest BCUT2D eigenvalue weighted by atomic mass is 32.2. The van der Waals surface area contributed by atoms with Gasteiger partial charge in [-0.05, 0) is 51.8 Å². The number of hydrogen-bond acceptors (Lipinski definition) is 5. The van der Waals surface area contributed by atoms with Gasteiger partial charge in [0.2, 0.25) is 15.3 Å². The minimum absolute atomic E-state index is 0.109. The van der Waals surface area contributed by atoms with Crippen molar-refractivity contribution in [1.82, 2.24) is 4.72 Å². The number of halogens is 1. The number of hydrogen-bond donors (Lipinski definition) is 1. The summed E-state index contributed by atoms with van der Waals surface area (Å²) in [7, 11) is -4.25. The molecule has 4 atom stereocenters. The lowest BCUT2D eigenvalue weighted by Gasteiger charge is -2.33. The topological polar surface area (TPSA) is 78.5 Å². The summed E-state index contributed by atoms with van der Waals surface area (Å²) in [5, 5.41) is 0. The van der Waals surface area contributed by atoms with Crippen LogP contribution >= 0.6 is 0 Å². The fourth-order valence-corrected chi connectivity index (χ4v) is 4.73. The van der Waals surface area contributed by atoms with Crippen LogP contribution < -0.4 is 4.72 Å². The third-order valence-corrected chi connectivity index (χ3v) is 7.23. The summed E-state index contributed by atoms with van der Waals surface area (Å²) in [6.07, 6.45) is 3.59. The number of rotatable bonds is 6. The first-order valence-corrected chi connectivity index (χ1v) is 10.7. The van der Waals surface area contributed by atoms with Crippen LogP contribution in [-0.4, -0.2) is 35.4 Å². The minimum Gasteiger partial charge on any atom is -0.598 e. The SMILES string of the molecule is CC(C)(C)[S+]([O-])N[C@@H]([C@@H]1CCC=CO1)[C@@H](F)S(=O)(=O)c1ccccc1. The number of alkyl halides is 1. The molecule has 0 amide bonds. The van der Waals surface area contributed by atoms with Crippen LogP contribution in [0, 0.1) is 0 Å². The maximum absolute atomic E-state index is 15.2. The summed E-state index contributed by atoms with van der Waals surface area (Å²) in [4.78, 5) is -0.109. The average Bonchev–Trinajstić information content (AvgIpc) is 2.59. The van der Waals surface area contributed by atoms with E-state index in [0.29, 0.717) is 12.8 Å². The second-order valence-electron chi connectivity index (χ2n) is 6.86. The maximum Gasteiger partial charge on any atom is 0.228 e. The van der Waals surface area contributed by atoms with Gasteiger partial charge in [0.25, 0.3) is 0 Å². The normalized spacial score (nSPS) is 22.0. The molecule has 0 saturated heterocycles. The van der Waals surface area contributed by atoms with Crippen LogP contribution in [0.3, 0.4) is 0 Å². The Labute approximate surface area is 151 Å². The Morgan fingerprint density at radius 1 is 1.32 bits per heavy atom. The zero-order valence-electron chi connectivity index (χ0n) is 14.5. The molecule has 0 radical (unpaired) electrons. The van der Waals surface area contributed by atoms with E-state index in [9.17, 15) is 13.0 Å². The molecular weight excluding hydrogens is 365 g/mol. The largest absolute Gasteiger partial charge is 0.598 e. The molecular formula is C17H24FNO4S2. The highest BCUT2D eigenvalue weighted by molar-refractivity contribution is 7.92. The van der Waals surface area contributed by atoms with Crippen molar-refractivity contribution in [2.24, 2.45) is 0 Å². The van der Waals surface area contributed by atoms with Gasteiger partial charge >= 0.3 is 0 Å². The van der Waals surface area contributed by atoms with Crippen molar-refractivity contribution in [2.45, 2.75) is 60.9 Å². The van der Waals surface area contributed by atoms with Gasteiger partial charge in [0.15, 0.2) is 0 Å². The van der Waals surface area contributed by atoms with E-state index in [1.807, 2.05) is 0 Å². The van der Waals surface area contributed by atoms with Crippen LogP contribution in [0.15, 0.2) is 47.6 Å². The van der Waals surface area contributed by atoms with Gasteiger partial charge in [0.1, 0.15) is 16.9 Å². The molecule has 1 unspecified atom stereocenters. The zero-order valence-corrected chi connectivity index (χ0v) is 16.1. The molecule has 140 valence electrons. The predicted molar refractivity (Wildman–Crippen MR) is 96.6 cm³/mol. The van der Waals surface area contributed by atoms with E-state index < -0.39 is 43.6 Å². The van der Waals surface area contributed by atoms with Crippen molar-refractivity contribution in [3.05, 3.63) is 42.7 Å². The van der Waals surface area contributed by atoms with Gasteiger partial charge in [0.05, 0.1) is 11.2 Å². The third-order valence-electron chi connectivity index (χ3n) is 3.82. The van der Waals surface area contributed by atoms with Crippen molar-refractivity contribution in [2.75, 3.05) is 0 Å². The molecule has 0 spiro atoms. The smallest absolute Gasteiger partial charge is 0.228 e. The monoisotopic (exact) mass is 389 g/mol. The zero-order chi connectivity index (χ0) is 18.7. The van der Waals surface area contributed by atoms with Crippen molar-refractivity contribution in [3.63, 3.8) is 0 Å². The lowest BCUT2D eigenvalue weighted by Crippen LogP contribution is -2.55. The van der Waals surface area contributed by atoms with Crippen LogP contribution in [0.5, 0.6) is 0 Å². The van der Waals surface area contributed by atoms with Crippen LogP contribution in [-0.2, 0) is 25.9 Å². The van der Waals surface area contributed by atoms with Gasteiger partial charge in [0, 0.05) is 11.4 Å². The standard InChI is InChI=1S/C17H24FNO4S2/c1-17(2,3)24(20)19-15(14-11-7-8-12-23-14)16(18)25(21,22)13-9-5-4-6-10-13/h4-6,8-10,12,14-16,19H,7,11H2,1-3H3/t14-,15-,16-,24?/m0/s1. The second kappa shape index (κ2) is 8.07. The van der Waals surface area contributed by atoms with Crippen molar-refractivity contribution >= 4 is 21.2 Å². The molecule has 25 heavy (non-hydrogen) atoms. The van der Waals surface area contributed by atoms with Crippen LogP contribution in [0.2, 0.25) is 0 Å². The molecule has 2 rings (SSSR count). The first-order chi connectivity index (χ1) is 11.6. The number of nitrogens with one attached hydrogen (secondary N) is 1. The van der Waals surface area contributed by atoms with Crippen molar-refractivity contribution in [3.8, 4) is 0 Å². The van der Waals surface area contributed by atoms with Gasteiger partial charge in [-0.25, -0.2) is 12.8 Å². The third kappa shape index (κ3) is 4.97. The van der Waals surface area contributed by atoms with Gasteiger partial charge in [-0.2, -0.15) is 0 Å². The predicted octanol–water partition coefficient (Wildman–Crippen LogP) is 2.87. The van der Waals surface area contributed by atoms with E-state index >= 15 is 4.39 Å². The first kappa shape index (κ1) is 20.2. The Kier molecular flexibility index (Phi) is 6.53. The molecule has 0 saturated carbocycles. The molecule has 0 fully saturated rings. The van der Waals surface area contributed by atoms with E-state index in [-0.39, 0.29) is 4.90 Å². The van der Waals surface area contributed by atoms with Crippen LogP contribution in [0.1, 0.15) is 33.6 Å². The van der Waals surface area contributed by atoms with E-state index in [0.717, 1.165) is 0 Å². The van der Waals surface area contributed by atoms with Gasteiger partial charge in [-0.15, -0.1) is 4.72 Å². The van der Waals surface area contributed by atoms with E-state index in [2.05, 4.69) is 4.72 Å². The molecule has 1 aliphatic heterocycles. The Bertz CT molecular complexity index is 688. The first-order valence-electron chi connectivity index (χ1n) is 8.05. The highest BCUT2D eigenvalue weighted by Gasteiger charge is 2.44. The molecule has 1 heterocycles. The van der Waals surface area contributed by atoms with Gasteiger partial charge in [-0.1, -0.05) is 18.2 Å². The van der Waals surface area contributed by atoms with Crippen molar-refractivity contribution in [1.29, 1.82) is 0 Å². The van der Waals surface area contributed by atoms with Crippen LogP contribution in [0.25, 0.3) is 0 Å². The van der Waals surface area contributed by atoms with E-state index in [1.165, 1.54) is 30.5 Å². The summed E-state index contributed by atoms with van der Waals surface area (Å²) in [5.74, 6) is 0. The molecule has 1 aliphatic rings. The second-order valence-corrected chi connectivity index (χ2v) is 10.9. The number of sulfone groups is 1. The lowest BCUT2D eigenvalue weighted by atomic mass is 10.1. The summed E-state index contributed by atoms with van der Waals surface area (Å²) >= 11 is -1.64. The Morgan fingerprint density at radius 2 is 1.96 bits per heavy atom. The fourth-order valence-electron chi connectivity index (χ4n) is 2.35. The van der Waals surface area contributed by atoms with Gasteiger partial charge in [-0.3, -0.25) is 0 Å². The molecule has 8 heteroatoms. The highest BCUT2D eigenvalue weighted by Crippen LogP contribution is 2.27. The molecule has 1 aromatic rings. The maximum atomic E-state index is 15.2. The summed E-state index contributed by atoms with van der Waals surface area (Å²) in [5.41, 5.74) is -2.28. The quantitative estimate of drug-likeness (QED) is 0.757. The van der Waals surface area contributed by atoms with Gasteiger partial charge < -0.3 is 9.29 Å². The van der Waals surface area contributed by atoms with Crippen molar-refractivity contribution < 1.29 is 22.1 Å². The number of benzene rings is 1. The molecule has 1 aromatic carbocycles. The van der Waals surface area contributed by atoms with E-state index in [4.69, 9.17) is 4.74 Å². The molecule has 0 bridgehead atoms. The molecule has 0 aliphatic carbocycles. The Balaban J connectivity index is 2.32. The fraction of sp³-hybridized carbons (Fsp3) is 0.529. The Morgan fingerprint density at radius 3 is 2.48 bits per heavy atom. The summed E-state index contributed by atoms with van der Waals surface area (Å²) in [6.45, 7) is 5.19. The number of ether oxygens (including phenoxy) is 1. The number of allylic oxidation sites excluding steroid dienone is 1. The van der Waals surface area contributed by atoms with E-state index in [1.54, 1.807) is 32.9 Å². The summed E-state index contributed by atoms with van der Waals surface area (Å²) in [6, 6.07) is 6.19.